The molecule has 1 N–H and O–H groups in total. The van der Waals surface area contributed by atoms with Gasteiger partial charge in [-0.05, 0) is 73.9 Å². The summed E-state index contributed by atoms with van der Waals surface area (Å²) in [4.78, 5) is 12.5. The van der Waals surface area contributed by atoms with Crippen LogP contribution in [0.15, 0.2) is 78.9 Å². The van der Waals surface area contributed by atoms with Gasteiger partial charge in [-0.15, -0.1) is 0 Å². The van der Waals surface area contributed by atoms with Crippen molar-refractivity contribution >= 4 is 11.6 Å². The minimum atomic E-state index is -0.169. The molecule has 162 valence electrons. The molecule has 3 rings (SSSR count). The summed E-state index contributed by atoms with van der Waals surface area (Å²) in [7, 11) is 0. The molecular weight excluding hydrogens is 390 g/mol. The summed E-state index contributed by atoms with van der Waals surface area (Å²) in [5.41, 5.74) is 2.60. The maximum absolute atomic E-state index is 12.5. The second-order valence-electron chi connectivity index (χ2n) is 6.99. The summed E-state index contributed by atoms with van der Waals surface area (Å²) in [6.07, 6.45) is 1.94. The van der Waals surface area contributed by atoms with Crippen LogP contribution in [0, 0.1) is 0 Å². The van der Waals surface area contributed by atoms with Crippen molar-refractivity contribution in [2.24, 2.45) is 0 Å². The van der Waals surface area contributed by atoms with E-state index >= 15 is 0 Å². The lowest BCUT2D eigenvalue weighted by Gasteiger charge is -2.09. The van der Waals surface area contributed by atoms with Gasteiger partial charge in [-0.1, -0.05) is 30.3 Å². The number of carbonyl (C=O) groups is 1. The zero-order valence-corrected chi connectivity index (χ0v) is 17.9. The average molecular weight is 420 g/mol. The number of hydrogen-bond donors (Lipinski definition) is 1. The lowest BCUT2D eigenvalue weighted by molar-refractivity contribution is 0.102. The molecule has 3 aromatic carbocycles. The molecule has 31 heavy (non-hydrogen) atoms. The fourth-order valence-electron chi connectivity index (χ4n) is 3.01. The second kappa shape index (κ2) is 12.4. The predicted octanol–water partition coefficient (Wildman–Crippen LogP) is 5.37. The first kappa shape index (κ1) is 22.4. The molecule has 1 amide bonds. The van der Waals surface area contributed by atoms with Crippen molar-refractivity contribution in [2.75, 3.05) is 31.7 Å². The van der Waals surface area contributed by atoms with Crippen LogP contribution in [-0.4, -0.2) is 32.3 Å². The molecule has 0 spiro atoms. The van der Waals surface area contributed by atoms with Crippen LogP contribution in [0.4, 0.5) is 5.69 Å². The number of ether oxygens (including phenoxy) is 3. The molecule has 0 aromatic heterocycles. The third-order valence-corrected chi connectivity index (χ3v) is 4.65. The van der Waals surface area contributed by atoms with E-state index in [4.69, 9.17) is 14.2 Å². The number of nitrogens with one attached hydrogen (secondary N) is 1. The molecule has 0 unspecified atom stereocenters. The molecule has 0 atom stereocenters. The molecule has 0 bridgehead atoms. The van der Waals surface area contributed by atoms with E-state index in [0.29, 0.717) is 37.7 Å². The Kier molecular flexibility index (Phi) is 8.95. The number of amides is 1. The van der Waals surface area contributed by atoms with Crippen LogP contribution in [0.5, 0.6) is 11.5 Å². The number of anilines is 1. The second-order valence-corrected chi connectivity index (χ2v) is 6.99. The molecule has 0 saturated heterocycles. The standard InChI is InChI=1S/C26H29NO4/c1-2-29-19-20-31-24-14-10-22(11-15-24)26(28)27-23-12-16-25(17-13-23)30-18-6-9-21-7-4-3-5-8-21/h3-5,7-8,10-17H,2,6,9,18-20H2,1H3,(H,27,28). The van der Waals surface area contributed by atoms with E-state index in [0.717, 1.165) is 24.3 Å². The molecule has 0 aliphatic heterocycles. The first-order valence-corrected chi connectivity index (χ1v) is 10.6. The van der Waals surface area contributed by atoms with Gasteiger partial charge in [-0.3, -0.25) is 4.79 Å². The van der Waals surface area contributed by atoms with Crippen LogP contribution in [0.2, 0.25) is 0 Å². The molecule has 5 nitrogen and oxygen atoms in total. The van der Waals surface area contributed by atoms with E-state index in [1.807, 2.05) is 37.3 Å². The largest absolute Gasteiger partial charge is 0.494 e. The highest BCUT2D eigenvalue weighted by Crippen LogP contribution is 2.18. The normalized spacial score (nSPS) is 10.5. The van der Waals surface area contributed by atoms with Crippen molar-refractivity contribution in [3.8, 4) is 11.5 Å². The van der Waals surface area contributed by atoms with Gasteiger partial charge in [0.05, 0.1) is 13.2 Å². The first-order valence-electron chi connectivity index (χ1n) is 10.6. The number of carbonyl (C=O) groups excluding carboxylic acids is 1. The summed E-state index contributed by atoms with van der Waals surface area (Å²) in [5.74, 6) is 1.34. The number of rotatable bonds is 12. The van der Waals surface area contributed by atoms with Crippen molar-refractivity contribution in [3.63, 3.8) is 0 Å². The Morgan fingerprint density at radius 3 is 2.10 bits per heavy atom. The summed E-state index contributed by atoms with van der Waals surface area (Å²) >= 11 is 0. The highest BCUT2D eigenvalue weighted by molar-refractivity contribution is 6.04. The van der Waals surface area contributed by atoms with Gasteiger partial charge in [0, 0.05) is 17.9 Å². The topological polar surface area (TPSA) is 56.8 Å². The molecule has 0 radical (unpaired) electrons. The van der Waals surface area contributed by atoms with Gasteiger partial charge < -0.3 is 19.5 Å². The Morgan fingerprint density at radius 1 is 0.774 bits per heavy atom. The maximum atomic E-state index is 12.5. The molecule has 3 aromatic rings. The van der Waals surface area contributed by atoms with E-state index in [1.54, 1.807) is 24.3 Å². The molecule has 5 heteroatoms. The van der Waals surface area contributed by atoms with E-state index in [1.165, 1.54) is 5.56 Å². The van der Waals surface area contributed by atoms with Gasteiger partial charge in [0.2, 0.25) is 0 Å². The molecular formula is C26H29NO4. The van der Waals surface area contributed by atoms with Gasteiger partial charge in [0.1, 0.15) is 18.1 Å². The van der Waals surface area contributed by atoms with Gasteiger partial charge in [-0.25, -0.2) is 0 Å². The Morgan fingerprint density at radius 2 is 1.42 bits per heavy atom. The summed E-state index contributed by atoms with van der Waals surface area (Å²) in [6.45, 7) is 4.30. The SMILES string of the molecule is CCOCCOc1ccc(C(=O)Nc2ccc(OCCCc3ccccc3)cc2)cc1. The van der Waals surface area contributed by atoms with Crippen LogP contribution >= 0.6 is 0 Å². The van der Waals surface area contributed by atoms with Crippen LogP contribution < -0.4 is 14.8 Å². The highest BCUT2D eigenvalue weighted by Gasteiger charge is 2.07. The average Bonchev–Trinajstić information content (AvgIpc) is 2.82. The Hall–Kier alpha value is -3.31. The third kappa shape index (κ3) is 7.79. The van der Waals surface area contributed by atoms with Crippen LogP contribution in [0.1, 0.15) is 29.3 Å². The monoisotopic (exact) mass is 419 g/mol. The fraction of sp³-hybridized carbons (Fsp3) is 0.269. The summed E-state index contributed by atoms with van der Waals surface area (Å²) in [5, 5.41) is 2.90. The lowest BCUT2D eigenvalue weighted by Crippen LogP contribution is -2.12. The highest BCUT2D eigenvalue weighted by atomic mass is 16.5. The first-order chi connectivity index (χ1) is 15.2. The molecule has 0 heterocycles. The number of aryl methyl sites for hydroxylation is 1. The molecule has 0 fully saturated rings. The summed E-state index contributed by atoms with van der Waals surface area (Å²) < 4.78 is 16.6. The van der Waals surface area contributed by atoms with Crippen LogP contribution in [0.3, 0.4) is 0 Å². The maximum Gasteiger partial charge on any atom is 0.255 e. The zero-order chi connectivity index (χ0) is 21.7. The van der Waals surface area contributed by atoms with Crippen LogP contribution in [0.25, 0.3) is 0 Å². The molecule has 0 aliphatic rings. The summed E-state index contributed by atoms with van der Waals surface area (Å²) in [6, 6.07) is 24.9. The van der Waals surface area contributed by atoms with Gasteiger partial charge in [-0.2, -0.15) is 0 Å². The quantitative estimate of drug-likeness (QED) is 0.401. The number of hydrogen-bond acceptors (Lipinski definition) is 4. The minimum absolute atomic E-state index is 0.169. The van der Waals surface area contributed by atoms with Gasteiger partial charge in [0.25, 0.3) is 5.91 Å². The van der Waals surface area contributed by atoms with Crippen molar-refractivity contribution in [2.45, 2.75) is 19.8 Å². The lowest BCUT2D eigenvalue weighted by atomic mass is 10.1. The Bertz CT molecular complexity index is 908. The van der Waals surface area contributed by atoms with E-state index in [-0.39, 0.29) is 5.91 Å². The van der Waals surface area contributed by atoms with E-state index in [9.17, 15) is 4.79 Å². The van der Waals surface area contributed by atoms with Crippen molar-refractivity contribution < 1.29 is 19.0 Å². The van der Waals surface area contributed by atoms with Gasteiger partial charge >= 0.3 is 0 Å². The zero-order valence-electron chi connectivity index (χ0n) is 17.9. The smallest absolute Gasteiger partial charge is 0.255 e. The number of benzene rings is 3. The van der Waals surface area contributed by atoms with E-state index in [2.05, 4.69) is 29.6 Å². The van der Waals surface area contributed by atoms with Crippen molar-refractivity contribution in [1.82, 2.24) is 0 Å². The Balaban J connectivity index is 1.41. The molecule has 0 aliphatic carbocycles. The minimum Gasteiger partial charge on any atom is -0.494 e. The predicted molar refractivity (Wildman–Crippen MR) is 123 cm³/mol. The van der Waals surface area contributed by atoms with Crippen LogP contribution in [-0.2, 0) is 11.2 Å². The van der Waals surface area contributed by atoms with Crippen molar-refractivity contribution in [1.29, 1.82) is 0 Å². The third-order valence-electron chi connectivity index (χ3n) is 4.65. The van der Waals surface area contributed by atoms with E-state index < -0.39 is 0 Å². The Labute approximate surface area is 184 Å². The fourth-order valence-corrected chi connectivity index (χ4v) is 3.01. The van der Waals surface area contributed by atoms with Crippen molar-refractivity contribution in [3.05, 3.63) is 90.0 Å². The molecule has 0 saturated carbocycles. The van der Waals surface area contributed by atoms with Gasteiger partial charge in [0.15, 0.2) is 0 Å².